The van der Waals surface area contributed by atoms with E-state index in [0.717, 1.165) is 35.9 Å². The van der Waals surface area contributed by atoms with Crippen LogP contribution in [0.3, 0.4) is 0 Å². The number of nitrogens with zero attached hydrogens (tertiary/aromatic N) is 4. The normalized spacial score (nSPS) is 13.6. The van der Waals surface area contributed by atoms with Crippen LogP contribution in [0.1, 0.15) is 32.3 Å². The van der Waals surface area contributed by atoms with Crippen LogP contribution < -0.4 is 25.4 Å². The van der Waals surface area contributed by atoms with E-state index in [0.29, 0.717) is 15.7 Å². The molecular weight excluding hydrogens is 472 g/mol. The Balaban J connectivity index is 1.80. The number of nitriles is 2. The van der Waals surface area contributed by atoms with Gasteiger partial charge < -0.3 is 15.5 Å². The molecule has 1 aromatic heterocycles. The number of hydrogen-bond donors (Lipinski definition) is 2. The van der Waals surface area contributed by atoms with Crippen molar-refractivity contribution in [1.82, 2.24) is 14.8 Å². The fourth-order valence-electron chi connectivity index (χ4n) is 3.91. The number of benzene rings is 1. The Hall–Kier alpha value is -3.84. The summed E-state index contributed by atoms with van der Waals surface area (Å²) in [6, 6.07) is 11.8. The van der Waals surface area contributed by atoms with E-state index in [-0.39, 0.29) is 17.7 Å². The first-order chi connectivity index (χ1) is 17.4. The first-order valence-electron chi connectivity index (χ1n) is 12.0. The number of carbonyl (C=O) groups excluding carboxylic acids is 1. The standard InChI is InChI=1S/C27H30N6O2S/c1-3-33-25(18-22(19-29)26(34)31-13-11-28)36-24(27(33)35)7-12-30-23-6-4-5-21(17-23)10-16-32-14-8-20(2)9-15-32/h4-6,12,17,20,30H,3,8-10,13-16H2,1-2H3,(H,31,34). The minimum Gasteiger partial charge on any atom is -0.355 e. The molecule has 0 saturated carbocycles. The molecule has 36 heavy (non-hydrogen) atoms. The van der Waals surface area contributed by atoms with Gasteiger partial charge in [0, 0.05) is 25.0 Å². The van der Waals surface area contributed by atoms with Crippen molar-refractivity contribution in [3.05, 3.63) is 61.2 Å². The largest absolute Gasteiger partial charge is 0.355 e. The molecule has 0 radical (unpaired) electrons. The highest BCUT2D eigenvalue weighted by Gasteiger charge is 2.15. The monoisotopic (exact) mass is 502 g/mol. The third-order valence-electron chi connectivity index (χ3n) is 6.06. The molecule has 8 nitrogen and oxygen atoms in total. The second kappa shape index (κ2) is 13.3. The average molecular weight is 503 g/mol. The number of rotatable bonds is 8. The van der Waals surface area contributed by atoms with Crippen molar-refractivity contribution in [2.75, 3.05) is 31.5 Å². The lowest BCUT2D eigenvalue weighted by molar-refractivity contribution is -0.116. The topological polar surface area (TPSA) is 114 Å². The van der Waals surface area contributed by atoms with Crippen molar-refractivity contribution in [3.8, 4) is 12.1 Å². The maximum atomic E-state index is 12.8. The van der Waals surface area contributed by atoms with Crippen LogP contribution in [0.2, 0.25) is 0 Å². The van der Waals surface area contributed by atoms with Crippen molar-refractivity contribution in [3.63, 3.8) is 0 Å². The first-order valence-corrected chi connectivity index (χ1v) is 12.9. The smallest absolute Gasteiger partial charge is 0.277 e. The van der Waals surface area contributed by atoms with Gasteiger partial charge >= 0.3 is 0 Å². The Kier molecular flexibility index (Phi) is 9.89. The predicted molar refractivity (Wildman–Crippen MR) is 141 cm³/mol. The van der Waals surface area contributed by atoms with E-state index >= 15 is 0 Å². The van der Waals surface area contributed by atoms with Crippen molar-refractivity contribution in [2.45, 2.75) is 39.7 Å². The van der Waals surface area contributed by atoms with Crippen LogP contribution in [0.25, 0.3) is 11.5 Å². The summed E-state index contributed by atoms with van der Waals surface area (Å²) in [6.45, 7) is 7.64. The zero-order valence-corrected chi connectivity index (χ0v) is 21.5. The number of carbonyl (C=O) groups is 1. The van der Waals surface area contributed by atoms with Gasteiger partial charge in [-0.25, -0.2) is 0 Å². The third-order valence-corrected chi connectivity index (χ3v) is 7.07. The van der Waals surface area contributed by atoms with Crippen LogP contribution >= 0.6 is 11.3 Å². The van der Waals surface area contributed by atoms with E-state index in [1.165, 1.54) is 36.1 Å². The molecule has 0 aliphatic carbocycles. The van der Waals surface area contributed by atoms with E-state index in [9.17, 15) is 14.9 Å². The zero-order chi connectivity index (χ0) is 25.9. The van der Waals surface area contributed by atoms with Gasteiger partial charge in [0.05, 0.1) is 6.07 Å². The molecule has 1 aliphatic heterocycles. The highest BCUT2D eigenvalue weighted by Crippen LogP contribution is 2.17. The zero-order valence-electron chi connectivity index (χ0n) is 20.6. The maximum absolute atomic E-state index is 12.8. The van der Waals surface area contributed by atoms with Crippen LogP contribution in [0.5, 0.6) is 0 Å². The van der Waals surface area contributed by atoms with E-state index in [1.54, 1.807) is 25.3 Å². The minimum atomic E-state index is -0.708. The second-order valence-corrected chi connectivity index (χ2v) is 9.64. The summed E-state index contributed by atoms with van der Waals surface area (Å²) in [5.41, 5.74) is 7.29. The van der Waals surface area contributed by atoms with Gasteiger partial charge in [0.25, 0.3) is 11.5 Å². The summed E-state index contributed by atoms with van der Waals surface area (Å²) < 4.78 is 2.10. The molecule has 3 rings (SSSR count). The minimum absolute atomic E-state index is 0.219. The number of aromatic nitrogens is 1. The van der Waals surface area contributed by atoms with Crippen LogP contribution in [-0.2, 0) is 17.8 Å². The molecule has 0 atom stereocenters. The third kappa shape index (κ3) is 7.33. The summed E-state index contributed by atoms with van der Waals surface area (Å²) in [6.07, 6.45) is 5.12. The first kappa shape index (κ1) is 26.8. The summed E-state index contributed by atoms with van der Waals surface area (Å²) in [5, 5.41) is 23.4. The molecule has 0 bridgehead atoms. The van der Waals surface area contributed by atoms with Crippen molar-refractivity contribution in [1.29, 1.82) is 10.5 Å². The van der Waals surface area contributed by atoms with Crippen LogP contribution in [0.15, 0.2) is 40.8 Å². The van der Waals surface area contributed by atoms with E-state index in [4.69, 9.17) is 5.26 Å². The molecule has 186 valence electrons. The fraction of sp³-hybridized carbons (Fsp3) is 0.407. The fourth-order valence-corrected chi connectivity index (χ4v) is 4.89. The molecule has 1 aliphatic rings. The molecule has 2 N–H and O–H groups in total. The second-order valence-electron chi connectivity index (χ2n) is 8.65. The Morgan fingerprint density at radius 2 is 2.06 bits per heavy atom. The molecule has 0 unspecified atom stereocenters. The molecule has 2 heterocycles. The summed E-state index contributed by atoms with van der Waals surface area (Å²) in [7, 11) is 0. The summed E-state index contributed by atoms with van der Waals surface area (Å²) >= 11 is 1.09. The molecule has 1 amide bonds. The summed E-state index contributed by atoms with van der Waals surface area (Å²) in [5.74, 6) is 0.119. The summed E-state index contributed by atoms with van der Waals surface area (Å²) in [4.78, 5) is 27.3. The van der Waals surface area contributed by atoms with Crippen LogP contribution in [-0.4, -0.2) is 41.6 Å². The van der Waals surface area contributed by atoms with Gasteiger partial charge in [-0.15, -0.1) is 0 Å². The highest BCUT2D eigenvalue weighted by molar-refractivity contribution is 7.07. The SMILES string of the molecule is CCn1c(=C=C(C#N)C(=O)NCC#N)sc(=C=CNc2cccc(CCN3CCC(C)CC3)c2)c1=O. The lowest BCUT2D eigenvalue weighted by Crippen LogP contribution is -2.34. The molecule has 0 spiro atoms. The highest BCUT2D eigenvalue weighted by atomic mass is 32.1. The molecule has 1 saturated heterocycles. The van der Waals surface area contributed by atoms with Gasteiger partial charge in [-0.05, 0) is 62.9 Å². The number of likely N-dealkylation sites (tertiary alicyclic amines) is 1. The number of anilines is 1. The van der Waals surface area contributed by atoms with Gasteiger partial charge in [0.1, 0.15) is 21.8 Å². The number of hydrogen-bond acceptors (Lipinski definition) is 7. The van der Waals surface area contributed by atoms with E-state index in [2.05, 4.69) is 46.1 Å². The Bertz CT molecular complexity index is 1420. The molecule has 1 fully saturated rings. The van der Waals surface area contributed by atoms with Crippen molar-refractivity contribution < 1.29 is 4.79 Å². The molecular formula is C27H30N6O2S. The Morgan fingerprint density at radius 1 is 1.28 bits per heavy atom. The van der Waals surface area contributed by atoms with Gasteiger partial charge in [-0.2, -0.15) is 10.5 Å². The van der Waals surface area contributed by atoms with Gasteiger partial charge in [-0.1, -0.05) is 41.9 Å². The lowest BCUT2D eigenvalue weighted by Gasteiger charge is -2.30. The number of thiazole rings is 1. The predicted octanol–water partition coefficient (Wildman–Crippen LogP) is 1.68. The number of nitrogens with one attached hydrogen (secondary N) is 2. The van der Waals surface area contributed by atoms with E-state index < -0.39 is 5.91 Å². The molecule has 9 heteroatoms. The maximum Gasteiger partial charge on any atom is 0.277 e. The Morgan fingerprint density at radius 3 is 2.75 bits per heavy atom. The number of amides is 1. The average Bonchev–Trinajstić information content (AvgIpc) is 3.19. The van der Waals surface area contributed by atoms with Gasteiger partial charge in [-0.3, -0.25) is 14.2 Å². The van der Waals surface area contributed by atoms with Gasteiger partial charge in [0.15, 0.2) is 5.57 Å². The van der Waals surface area contributed by atoms with Crippen molar-refractivity contribution in [2.24, 2.45) is 5.92 Å². The van der Waals surface area contributed by atoms with Crippen LogP contribution in [0, 0.1) is 28.6 Å². The quantitative estimate of drug-likeness (QED) is 0.323. The van der Waals surface area contributed by atoms with Crippen molar-refractivity contribution >= 4 is 34.4 Å². The number of piperidine rings is 1. The van der Waals surface area contributed by atoms with E-state index in [1.807, 2.05) is 12.1 Å². The Labute approximate surface area is 214 Å². The van der Waals surface area contributed by atoms with Gasteiger partial charge in [0.2, 0.25) is 0 Å². The molecule has 2 aromatic rings. The molecule has 1 aromatic carbocycles. The lowest BCUT2D eigenvalue weighted by atomic mass is 9.99. The van der Waals surface area contributed by atoms with Crippen LogP contribution in [0.4, 0.5) is 5.69 Å².